The summed E-state index contributed by atoms with van der Waals surface area (Å²) in [5.41, 5.74) is 2.92. The Balaban J connectivity index is 2.01. The van der Waals surface area contributed by atoms with Gasteiger partial charge in [0.1, 0.15) is 0 Å². The van der Waals surface area contributed by atoms with Crippen molar-refractivity contribution in [2.45, 2.75) is 6.92 Å². The number of carbonyl (C=O) groups is 1. The van der Waals surface area contributed by atoms with Crippen molar-refractivity contribution in [3.63, 3.8) is 0 Å². The van der Waals surface area contributed by atoms with E-state index < -0.39 is 0 Å². The molecule has 21 heavy (non-hydrogen) atoms. The van der Waals surface area contributed by atoms with E-state index in [4.69, 9.17) is 11.6 Å². The normalized spacial score (nSPS) is 10.6. The summed E-state index contributed by atoms with van der Waals surface area (Å²) in [6, 6.07) is 14.7. The SMILES string of the molecule is Cc1ccccc1C(=O)Nc1ccc(Cl)c2cccnc12. The van der Waals surface area contributed by atoms with Crippen molar-refractivity contribution in [3.05, 3.63) is 70.9 Å². The maximum Gasteiger partial charge on any atom is 0.255 e. The molecule has 0 atom stereocenters. The van der Waals surface area contributed by atoms with Crippen LogP contribution in [0.4, 0.5) is 5.69 Å². The molecule has 1 aromatic heterocycles. The third kappa shape index (κ3) is 2.60. The zero-order chi connectivity index (χ0) is 14.8. The van der Waals surface area contributed by atoms with Crippen molar-refractivity contribution in [2.24, 2.45) is 0 Å². The van der Waals surface area contributed by atoms with E-state index in [-0.39, 0.29) is 5.91 Å². The molecule has 1 amide bonds. The van der Waals surface area contributed by atoms with Gasteiger partial charge in [0.05, 0.1) is 16.2 Å². The van der Waals surface area contributed by atoms with E-state index in [0.717, 1.165) is 10.9 Å². The molecule has 1 N–H and O–H groups in total. The molecule has 0 aliphatic carbocycles. The Morgan fingerprint density at radius 1 is 1.10 bits per heavy atom. The lowest BCUT2D eigenvalue weighted by Gasteiger charge is -2.10. The van der Waals surface area contributed by atoms with Crippen LogP contribution >= 0.6 is 11.6 Å². The van der Waals surface area contributed by atoms with Crippen molar-refractivity contribution in [3.8, 4) is 0 Å². The van der Waals surface area contributed by atoms with Crippen molar-refractivity contribution >= 4 is 34.1 Å². The van der Waals surface area contributed by atoms with Crippen LogP contribution in [-0.2, 0) is 0 Å². The number of halogens is 1. The van der Waals surface area contributed by atoms with Crippen molar-refractivity contribution in [1.29, 1.82) is 0 Å². The molecule has 1 heterocycles. The smallest absolute Gasteiger partial charge is 0.255 e. The summed E-state index contributed by atoms with van der Waals surface area (Å²) in [7, 11) is 0. The summed E-state index contributed by atoms with van der Waals surface area (Å²) in [4.78, 5) is 16.7. The van der Waals surface area contributed by atoms with Crippen LogP contribution in [0.15, 0.2) is 54.7 Å². The summed E-state index contributed by atoms with van der Waals surface area (Å²) in [6.45, 7) is 1.91. The number of carbonyl (C=O) groups excluding carboxylic acids is 1. The lowest BCUT2D eigenvalue weighted by molar-refractivity contribution is 0.102. The van der Waals surface area contributed by atoms with E-state index in [1.54, 1.807) is 24.4 Å². The van der Waals surface area contributed by atoms with E-state index in [2.05, 4.69) is 10.3 Å². The molecule has 104 valence electrons. The Hall–Kier alpha value is -2.39. The Labute approximate surface area is 127 Å². The summed E-state index contributed by atoms with van der Waals surface area (Å²) in [5, 5.41) is 4.35. The second kappa shape index (κ2) is 5.54. The highest BCUT2D eigenvalue weighted by atomic mass is 35.5. The molecule has 0 unspecified atom stereocenters. The fraction of sp³-hybridized carbons (Fsp3) is 0.0588. The summed E-state index contributed by atoms with van der Waals surface area (Å²) >= 11 is 6.16. The van der Waals surface area contributed by atoms with Gasteiger partial charge in [0, 0.05) is 17.1 Å². The number of anilines is 1. The average molecular weight is 297 g/mol. The fourth-order valence-electron chi connectivity index (χ4n) is 2.26. The van der Waals surface area contributed by atoms with Crippen LogP contribution in [0.3, 0.4) is 0 Å². The number of aromatic nitrogens is 1. The Morgan fingerprint density at radius 3 is 2.71 bits per heavy atom. The van der Waals surface area contributed by atoms with E-state index in [9.17, 15) is 4.79 Å². The van der Waals surface area contributed by atoms with E-state index in [0.29, 0.717) is 21.8 Å². The Morgan fingerprint density at radius 2 is 1.90 bits per heavy atom. The van der Waals surface area contributed by atoms with Gasteiger partial charge in [0.25, 0.3) is 5.91 Å². The van der Waals surface area contributed by atoms with E-state index >= 15 is 0 Å². The highest BCUT2D eigenvalue weighted by Gasteiger charge is 2.12. The third-order valence-corrected chi connectivity index (χ3v) is 3.68. The molecule has 3 aromatic rings. The number of pyridine rings is 1. The van der Waals surface area contributed by atoms with Crippen LogP contribution in [0.25, 0.3) is 10.9 Å². The molecule has 0 fully saturated rings. The third-order valence-electron chi connectivity index (χ3n) is 3.35. The van der Waals surface area contributed by atoms with Crippen LogP contribution in [0, 0.1) is 6.92 Å². The van der Waals surface area contributed by atoms with E-state index in [1.807, 2.05) is 37.3 Å². The number of hydrogen-bond acceptors (Lipinski definition) is 2. The molecule has 0 aliphatic heterocycles. The van der Waals surface area contributed by atoms with Crippen molar-refractivity contribution in [2.75, 3.05) is 5.32 Å². The van der Waals surface area contributed by atoms with Gasteiger partial charge in [-0.3, -0.25) is 9.78 Å². The van der Waals surface area contributed by atoms with Gasteiger partial charge in [0.2, 0.25) is 0 Å². The first-order valence-corrected chi connectivity index (χ1v) is 6.95. The Kier molecular flexibility index (Phi) is 3.59. The predicted octanol–water partition coefficient (Wildman–Crippen LogP) is 4.45. The highest BCUT2D eigenvalue weighted by Crippen LogP contribution is 2.28. The molecule has 0 bridgehead atoms. The maximum atomic E-state index is 12.4. The number of hydrogen-bond donors (Lipinski definition) is 1. The molecule has 0 aliphatic rings. The number of amides is 1. The van der Waals surface area contributed by atoms with Gasteiger partial charge in [-0.25, -0.2) is 0 Å². The molecule has 2 aromatic carbocycles. The summed E-state index contributed by atoms with van der Waals surface area (Å²) in [5.74, 6) is -0.151. The minimum absolute atomic E-state index is 0.151. The number of benzene rings is 2. The first-order valence-electron chi connectivity index (χ1n) is 6.57. The topological polar surface area (TPSA) is 42.0 Å². The monoisotopic (exact) mass is 296 g/mol. The van der Waals surface area contributed by atoms with Crippen LogP contribution in [0.1, 0.15) is 15.9 Å². The molecular formula is C17H13ClN2O. The number of fused-ring (bicyclic) bond motifs is 1. The zero-order valence-corrected chi connectivity index (χ0v) is 12.2. The first-order chi connectivity index (χ1) is 10.2. The van der Waals surface area contributed by atoms with Gasteiger partial charge >= 0.3 is 0 Å². The van der Waals surface area contributed by atoms with Crippen LogP contribution in [0.5, 0.6) is 0 Å². The van der Waals surface area contributed by atoms with Gasteiger partial charge in [-0.1, -0.05) is 29.8 Å². The van der Waals surface area contributed by atoms with Gasteiger partial charge in [-0.05, 0) is 42.8 Å². The van der Waals surface area contributed by atoms with Crippen LogP contribution in [0.2, 0.25) is 5.02 Å². The predicted molar refractivity (Wildman–Crippen MR) is 85.9 cm³/mol. The van der Waals surface area contributed by atoms with Gasteiger partial charge in [0.15, 0.2) is 0 Å². The molecule has 4 heteroatoms. The largest absolute Gasteiger partial charge is 0.320 e. The molecule has 0 spiro atoms. The standard InChI is InChI=1S/C17H13ClN2O/c1-11-5-2-3-6-12(11)17(21)20-15-9-8-14(18)13-7-4-10-19-16(13)15/h2-10H,1H3,(H,20,21). The van der Waals surface area contributed by atoms with Crippen molar-refractivity contribution in [1.82, 2.24) is 4.98 Å². The molecule has 0 radical (unpaired) electrons. The fourth-order valence-corrected chi connectivity index (χ4v) is 2.47. The lowest BCUT2D eigenvalue weighted by Crippen LogP contribution is -2.13. The second-order valence-corrected chi connectivity index (χ2v) is 5.17. The summed E-state index contributed by atoms with van der Waals surface area (Å²) in [6.07, 6.45) is 1.68. The van der Waals surface area contributed by atoms with E-state index in [1.165, 1.54) is 0 Å². The number of rotatable bonds is 2. The number of aryl methyl sites for hydroxylation is 1. The van der Waals surface area contributed by atoms with Crippen LogP contribution < -0.4 is 5.32 Å². The second-order valence-electron chi connectivity index (χ2n) is 4.76. The highest BCUT2D eigenvalue weighted by molar-refractivity contribution is 6.36. The maximum absolute atomic E-state index is 12.4. The zero-order valence-electron chi connectivity index (χ0n) is 11.4. The minimum atomic E-state index is -0.151. The molecule has 3 nitrogen and oxygen atoms in total. The molecular weight excluding hydrogens is 284 g/mol. The van der Waals surface area contributed by atoms with Crippen LogP contribution in [-0.4, -0.2) is 10.9 Å². The lowest BCUT2D eigenvalue weighted by atomic mass is 10.1. The van der Waals surface area contributed by atoms with Crippen molar-refractivity contribution < 1.29 is 4.79 Å². The van der Waals surface area contributed by atoms with Gasteiger partial charge in [-0.2, -0.15) is 0 Å². The molecule has 3 rings (SSSR count). The first kappa shape index (κ1) is 13.6. The number of nitrogens with one attached hydrogen (secondary N) is 1. The Bertz CT molecular complexity index is 830. The minimum Gasteiger partial charge on any atom is -0.320 e. The quantitative estimate of drug-likeness (QED) is 0.759. The molecule has 0 saturated heterocycles. The average Bonchev–Trinajstić information content (AvgIpc) is 2.51. The summed E-state index contributed by atoms with van der Waals surface area (Å²) < 4.78 is 0. The van der Waals surface area contributed by atoms with Gasteiger partial charge in [-0.15, -0.1) is 0 Å². The number of nitrogens with zero attached hydrogens (tertiary/aromatic N) is 1. The van der Waals surface area contributed by atoms with Gasteiger partial charge < -0.3 is 5.32 Å². The molecule has 0 saturated carbocycles.